The van der Waals surface area contributed by atoms with Crippen LogP contribution in [0.1, 0.15) is 51.8 Å². The van der Waals surface area contributed by atoms with Crippen LogP contribution in [0, 0.1) is 0 Å². The first kappa shape index (κ1) is 38.5. The number of hydrogen-bond acceptors (Lipinski definition) is 10. The predicted octanol–water partition coefficient (Wildman–Crippen LogP) is 4.26. The number of imide groups is 1. The molecule has 0 unspecified atom stereocenters. The first-order chi connectivity index (χ1) is 26.9. The molecule has 56 heavy (non-hydrogen) atoms. The molecule has 2 N–H and O–H groups in total. The number of alkyl halides is 3. The number of rotatable bonds is 10. The summed E-state index contributed by atoms with van der Waals surface area (Å²) in [5.74, 6) is -0.495. The summed E-state index contributed by atoms with van der Waals surface area (Å²) in [7, 11) is 2.93. The van der Waals surface area contributed by atoms with Gasteiger partial charge >= 0.3 is 12.2 Å². The lowest BCUT2D eigenvalue weighted by Gasteiger charge is -2.37. The van der Waals surface area contributed by atoms with Gasteiger partial charge in [0.2, 0.25) is 5.91 Å². The van der Waals surface area contributed by atoms with Crippen LogP contribution >= 0.6 is 0 Å². The Balaban J connectivity index is 0.892. The summed E-state index contributed by atoms with van der Waals surface area (Å²) in [5, 5.41) is 10.5. The fourth-order valence-corrected chi connectivity index (χ4v) is 7.31. The zero-order chi connectivity index (χ0) is 39.6. The lowest BCUT2D eigenvalue weighted by atomic mass is 10.1. The van der Waals surface area contributed by atoms with Crippen LogP contribution in [0.2, 0.25) is 0 Å². The number of piperazine rings is 1. The molecular weight excluding hydrogens is 735 g/mol. The van der Waals surface area contributed by atoms with Crippen molar-refractivity contribution < 1.29 is 41.8 Å². The van der Waals surface area contributed by atoms with Gasteiger partial charge in [0.25, 0.3) is 11.8 Å². The number of halogens is 3. The molecule has 7 rings (SSSR count). The molecule has 5 heterocycles. The van der Waals surface area contributed by atoms with Gasteiger partial charge < -0.3 is 24.6 Å². The van der Waals surface area contributed by atoms with Crippen molar-refractivity contribution in [3.05, 3.63) is 71.7 Å². The Hall–Kier alpha value is -5.75. The number of aromatic nitrogens is 3. The highest BCUT2D eigenvalue weighted by Gasteiger charge is 2.33. The van der Waals surface area contributed by atoms with E-state index in [-0.39, 0.29) is 36.5 Å². The Morgan fingerprint density at radius 3 is 2.29 bits per heavy atom. The molecule has 15 nitrogen and oxygen atoms in total. The van der Waals surface area contributed by atoms with Gasteiger partial charge in [0.1, 0.15) is 22.9 Å². The number of piperidine rings is 1. The van der Waals surface area contributed by atoms with E-state index in [9.17, 15) is 32.3 Å². The highest BCUT2D eigenvalue weighted by atomic mass is 19.4. The molecule has 0 atom stereocenters. The minimum absolute atomic E-state index is 0.123. The van der Waals surface area contributed by atoms with Gasteiger partial charge in [-0.15, -0.1) is 0 Å². The molecule has 0 radical (unpaired) electrons. The number of amides is 5. The Morgan fingerprint density at radius 2 is 1.61 bits per heavy atom. The summed E-state index contributed by atoms with van der Waals surface area (Å²) in [6, 6.07) is 11.2. The van der Waals surface area contributed by atoms with E-state index in [0.717, 1.165) is 69.6 Å². The van der Waals surface area contributed by atoms with Gasteiger partial charge in [-0.05, 0) is 49.2 Å². The van der Waals surface area contributed by atoms with E-state index in [1.165, 1.54) is 25.2 Å². The second-order valence-electron chi connectivity index (χ2n) is 13.9. The molecule has 0 aliphatic carbocycles. The van der Waals surface area contributed by atoms with Crippen LogP contribution in [0.15, 0.2) is 54.7 Å². The van der Waals surface area contributed by atoms with Gasteiger partial charge in [0.15, 0.2) is 0 Å². The molecule has 0 spiro atoms. The summed E-state index contributed by atoms with van der Waals surface area (Å²) in [6.45, 7) is 6.37. The number of nitrogens with one attached hydrogen (secondary N) is 2. The third-order valence-electron chi connectivity index (χ3n) is 10.5. The van der Waals surface area contributed by atoms with Gasteiger partial charge in [-0.3, -0.25) is 34.2 Å². The quantitative estimate of drug-likeness (QED) is 0.239. The Bertz CT molecular complexity index is 2130. The molecule has 3 saturated heterocycles. The summed E-state index contributed by atoms with van der Waals surface area (Å²) in [5.41, 5.74) is 0.331. The number of pyridine rings is 1. The number of carbonyl (C=O) groups excluding carboxylic acids is 4. The molecule has 3 fully saturated rings. The molecular formula is C38H42F3N9O6. The van der Waals surface area contributed by atoms with Crippen LogP contribution in [0.5, 0.6) is 11.5 Å². The zero-order valence-electron chi connectivity index (χ0n) is 31.0. The van der Waals surface area contributed by atoms with Crippen molar-refractivity contribution in [2.45, 2.75) is 31.5 Å². The van der Waals surface area contributed by atoms with Crippen molar-refractivity contribution in [2.75, 3.05) is 83.3 Å². The molecule has 5 amide bonds. The number of ether oxygens (including phenoxy) is 2. The Morgan fingerprint density at radius 1 is 0.893 bits per heavy atom. The largest absolute Gasteiger partial charge is 0.495 e. The van der Waals surface area contributed by atoms with Crippen molar-refractivity contribution in [3.8, 4) is 11.5 Å². The monoisotopic (exact) mass is 777 g/mol. The molecule has 3 aliphatic heterocycles. The van der Waals surface area contributed by atoms with Crippen molar-refractivity contribution in [1.29, 1.82) is 0 Å². The maximum atomic E-state index is 13.5. The van der Waals surface area contributed by atoms with Crippen LogP contribution in [0.3, 0.4) is 0 Å². The number of nitrogens with zero attached hydrogens (tertiary/aromatic N) is 7. The number of fused-ring (bicyclic) bond motifs is 1. The lowest BCUT2D eigenvalue weighted by Crippen LogP contribution is -2.51. The number of methoxy groups -OCH3 is 2. The molecule has 4 aromatic rings. The van der Waals surface area contributed by atoms with Crippen molar-refractivity contribution in [1.82, 2.24) is 34.8 Å². The van der Waals surface area contributed by atoms with Crippen LogP contribution in [-0.2, 0) is 11.0 Å². The van der Waals surface area contributed by atoms with Crippen LogP contribution in [0.25, 0.3) is 10.9 Å². The lowest BCUT2D eigenvalue weighted by molar-refractivity contribution is -0.141. The minimum Gasteiger partial charge on any atom is -0.495 e. The fraction of sp³-hybridized carbons (Fsp3) is 0.421. The summed E-state index contributed by atoms with van der Waals surface area (Å²) >= 11 is 0. The third-order valence-corrected chi connectivity index (χ3v) is 10.5. The van der Waals surface area contributed by atoms with Crippen molar-refractivity contribution in [2.24, 2.45) is 0 Å². The molecule has 0 saturated carbocycles. The SMILES string of the molecule is COc1cc2nn(C3CCN(CCN4CCN(C(=O)c5ccc(OC)c(N6CCC(=O)NC6=O)c5)CC4)CC3)cc2cc1NC(=O)c1cccc(C(F)(F)F)n1. The van der Waals surface area contributed by atoms with Gasteiger partial charge in [0, 0.05) is 88.5 Å². The standard InChI is InChI=1S/C38H42F3N9O6/c1-55-31-7-6-24(21-30(31)49-13-10-34(51)44-37(49)54)36(53)48-18-16-47(17-19-48)15-14-46-11-8-26(9-12-46)50-23-25-20-29(32(56-2)22-28(25)45-50)43-35(52)27-4-3-5-33(42-27)38(39,40)41/h3-7,20-23,26H,8-19H2,1-2H3,(H,43,52)(H,44,51,54). The average molecular weight is 778 g/mol. The molecule has 3 aliphatic rings. The maximum Gasteiger partial charge on any atom is 0.433 e. The normalized spacial score (nSPS) is 17.6. The van der Waals surface area contributed by atoms with Gasteiger partial charge in [-0.2, -0.15) is 18.3 Å². The zero-order valence-corrected chi connectivity index (χ0v) is 31.0. The van der Waals surface area contributed by atoms with E-state index in [1.54, 1.807) is 30.3 Å². The Labute approximate surface area is 320 Å². The second-order valence-corrected chi connectivity index (χ2v) is 13.9. The summed E-state index contributed by atoms with van der Waals surface area (Å²) in [6.07, 6.45) is -0.831. The molecule has 18 heteroatoms. The van der Waals surface area contributed by atoms with E-state index >= 15 is 0 Å². The van der Waals surface area contributed by atoms with Crippen LogP contribution in [-0.4, -0.2) is 126 Å². The van der Waals surface area contributed by atoms with Crippen molar-refractivity contribution in [3.63, 3.8) is 0 Å². The number of benzene rings is 2. The Kier molecular flexibility index (Phi) is 11.1. The number of anilines is 2. The first-order valence-electron chi connectivity index (χ1n) is 18.4. The summed E-state index contributed by atoms with van der Waals surface area (Å²) in [4.78, 5) is 62.0. The van der Waals surface area contributed by atoms with E-state index in [1.807, 2.05) is 15.8 Å². The minimum atomic E-state index is -4.67. The number of urea groups is 1. The van der Waals surface area contributed by atoms with Gasteiger partial charge in [0.05, 0.1) is 37.2 Å². The van der Waals surface area contributed by atoms with Gasteiger partial charge in [-0.1, -0.05) is 6.07 Å². The molecule has 296 valence electrons. The number of hydrogen-bond donors (Lipinski definition) is 2. The topological polar surface area (TPSA) is 154 Å². The molecule has 2 aromatic heterocycles. The smallest absolute Gasteiger partial charge is 0.433 e. The average Bonchev–Trinajstić information content (AvgIpc) is 3.62. The molecule has 2 aromatic carbocycles. The second kappa shape index (κ2) is 16.2. The van der Waals surface area contributed by atoms with E-state index < -0.39 is 23.8 Å². The van der Waals surface area contributed by atoms with E-state index in [0.29, 0.717) is 47.0 Å². The third kappa shape index (κ3) is 8.40. The van der Waals surface area contributed by atoms with Crippen LogP contribution in [0.4, 0.5) is 29.3 Å². The van der Waals surface area contributed by atoms with Crippen molar-refractivity contribution >= 4 is 46.0 Å². The van der Waals surface area contributed by atoms with Crippen LogP contribution < -0.4 is 25.0 Å². The highest BCUT2D eigenvalue weighted by Crippen LogP contribution is 2.34. The van der Waals surface area contributed by atoms with Gasteiger partial charge in [-0.25, -0.2) is 9.78 Å². The maximum absolute atomic E-state index is 13.5. The number of likely N-dealkylation sites (tertiary alicyclic amines) is 1. The number of carbonyl (C=O) groups is 4. The van der Waals surface area contributed by atoms with E-state index in [2.05, 4.69) is 25.4 Å². The first-order valence-corrected chi connectivity index (χ1v) is 18.4. The van der Waals surface area contributed by atoms with E-state index in [4.69, 9.17) is 14.6 Å². The summed E-state index contributed by atoms with van der Waals surface area (Å²) < 4.78 is 52.3. The predicted molar refractivity (Wildman–Crippen MR) is 199 cm³/mol. The fourth-order valence-electron chi connectivity index (χ4n) is 7.31. The molecule has 0 bridgehead atoms. The highest BCUT2D eigenvalue weighted by molar-refractivity contribution is 6.07.